The minimum Gasteiger partial charge on any atom is -0.494 e. The Hall–Kier alpha value is -3.00. The molecule has 3 rings (SSSR count). The smallest absolute Gasteiger partial charge is 0.270 e. The number of amides is 1. The number of aromatic nitrogens is 1. The summed E-state index contributed by atoms with van der Waals surface area (Å²) < 4.78 is 6.41. The monoisotopic (exact) mass is 413 g/mol. The van der Waals surface area contributed by atoms with Crippen LogP contribution in [0, 0.1) is 17.0 Å². The Morgan fingerprint density at radius 1 is 1.28 bits per heavy atom. The molecule has 8 heteroatoms. The Morgan fingerprint density at radius 3 is 2.76 bits per heavy atom. The van der Waals surface area contributed by atoms with Crippen molar-refractivity contribution in [1.82, 2.24) is 4.98 Å². The third kappa shape index (κ3) is 5.29. The fourth-order valence-electron chi connectivity index (χ4n) is 3.07. The first-order chi connectivity index (χ1) is 13.8. The molecule has 29 heavy (non-hydrogen) atoms. The molecule has 1 amide bonds. The van der Waals surface area contributed by atoms with Crippen molar-refractivity contribution in [2.24, 2.45) is 0 Å². The van der Waals surface area contributed by atoms with E-state index in [1.165, 1.54) is 34.6 Å². The number of non-ortho nitro benzene ring substituents is 1. The van der Waals surface area contributed by atoms with Crippen LogP contribution in [0.1, 0.15) is 43.7 Å². The minimum atomic E-state index is -0.449. The van der Waals surface area contributed by atoms with Crippen LogP contribution in [0.3, 0.4) is 0 Å². The summed E-state index contributed by atoms with van der Waals surface area (Å²) in [6, 6.07) is 10.5. The molecule has 0 radical (unpaired) electrons. The van der Waals surface area contributed by atoms with Gasteiger partial charge in [0.05, 0.1) is 21.7 Å². The van der Waals surface area contributed by atoms with E-state index in [0.29, 0.717) is 40.7 Å². The molecule has 1 heterocycles. The molecule has 1 aromatic heterocycles. The Balaban J connectivity index is 1.48. The van der Waals surface area contributed by atoms with Gasteiger partial charge in [-0.2, -0.15) is 0 Å². The van der Waals surface area contributed by atoms with Gasteiger partial charge in [0.1, 0.15) is 5.75 Å². The number of carbonyl (C=O) groups is 1. The van der Waals surface area contributed by atoms with E-state index in [1.54, 1.807) is 6.07 Å². The molecule has 0 aliphatic heterocycles. The number of ether oxygens (including phenoxy) is 1. The van der Waals surface area contributed by atoms with Gasteiger partial charge in [0.15, 0.2) is 5.13 Å². The number of hydrogen-bond donors (Lipinski definition) is 1. The number of benzene rings is 2. The second kappa shape index (κ2) is 9.00. The molecule has 0 atom stereocenters. The number of thiazole rings is 1. The Kier molecular flexibility index (Phi) is 6.43. The molecule has 0 unspecified atom stereocenters. The quantitative estimate of drug-likeness (QED) is 0.302. The van der Waals surface area contributed by atoms with Crippen LogP contribution in [-0.4, -0.2) is 22.4 Å². The third-order valence-electron chi connectivity index (χ3n) is 4.51. The molecule has 2 aromatic carbocycles. The SMILES string of the molecule is Cc1cc(OCCCC(=O)Nc2nc3ccc([N+](=O)[O-])cc3s2)ccc1C(C)C. The van der Waals surface area contributed by atoms with Crippen LogP contribution >= 0.6 is 11.3 Å². The van der Waals surface area contributed by atoms with Crippen molar-refractivity contribution in [2.75, 3.05) is 11.9 Å². The van der Waals surface area contributed by atoms with E-state index >= 15 is 0 Å². The molecule has 0 saturated carbocycles. The van der Waals surface area contributed by atoms with Crippen molar-refractivity contribution in [3.05, 3.63) is 57.6 Å². The van der Waals surface area contributed by atoms with E-state index in [-0.39, 0.29) is 11.6 Å². The van der Waals surface area contributed by atoms with Crippen LogP contribution in [0.4, 0.5) is 10.8 Å². The second-order valence-electron chi connectivity index (χ2n) is 7.10. The summed E-state index contributed by atoms with van der Waals surface area (Å²) in [7, 11) is 0. The number of hydrogen-bond acceptors (Lipinski definition) is 6. The topological polar surface area (TPSA) is 94.4 Å². The Morgan fingerprint density at radius 2 is 2.07 bits per heavy atom. The van der Waals surface area contributed by atoms with Crippen molar-refractivity contribution in [1.29, 1.82) is 0 Å². The zero-order valence-electron chi connectivity index (χ0n) is 16.6. The predicted molar refractivity (Wildman–Crippen MR) is 115 cm³/mol. The molecule has 0 spiro atoms. The first-order valence-corrected chi connectivity index (χ1v) is 10.2. The molecular weight excluding hydrogens is 390 g/mol. The first-order valence-electron chi connectivity index (χ1n) is 9.41. The molecule has 3 aromatic rings. The summed E-state index contributed by atoms with van der Waals surface area (Å²) >= 11 is 1.22. The van der Waals surface area contributed by atoms with E-state index in [1.807, 2.05) is 12.1 Å². The summed E-state index contributed by atoms with van der Waals surface area (Å²) in [5.41, 5.74) is 3.14. The van der Waals surface area contributed by atoms with Crippen LogP contribution in [-0.2, 0) is 4.79 Å². The fourth-order valence-corrected chi connectivity index (χ4v) is 3.99. The van der Waals surface area contributed by atoms with E-state index in [4.69, 9.17) is 4.74 Å². The average Bonchev–Trinajstić information content (AvgIpc) is 3.06. The molecule has 0 aliphatic carbocycles. The highest BCUT2D eigenvalue weighted by Gasteiger charge is 2.12. The Bertz CT molecular complexity index is 1050. The highest BCUT2D eigenvalue weighted by molar-refractivity contribution is 7.22. The molecule has 7 nitrogen and oxygen atoms in total. The predicted octanol–water partition coefficient (Wildman–Crippen LogP) is 5.43. The van der Waals surface area contributed by atoms with Gasteiger partial charge >= 0.3 is 0 Å². The van der Waals surface area contributed by atoms with Crippen molar-refractivity contribution in [2.45, 2.75) is 39.5 Å². The summed E-state index contributed by atoms with van der Waals surface area (Å²) in [5, 5.41) is 14.0. The van der Waals surface area contributed by atoms with E-state index in [2.05, 4.69) is 37.1 Å². The van der Waals surface area contributed by atoms with Gasteiger partial charge in [-0.25, -0.2) is 4.98 Å². The number of nitro benzene ring substituents is 1. The number of aryl methyl sites for hydroxylation is 1. The van der Waals surface area contributed by atoms with Gasteiger partial charge in [-0.1, -0.05) is 31.3 Å². The molecule has 0 aliphatic rings. The second-order valence-corrected chi connectivity index (χ2v) is 8.13. The van der Waals surface area contributed by atoms with Crippen molar-refractivity contribution in [3.8, 4) is 5.75 Å². The van der Waals surface area contributed by atoms with Crippen molar-refractivity contribution < 1.29 is 14.5 Å². The number of nitrogens with one attached hydrogen (secondary N) is 1. The van der Waals surface area contributed by atoms with E-state index in [0.717, 1.165) is 5.75 Å². The minimum absolute atomic E-state index is 0.00726. The maximum Gasteiger partial charge on any atom is 0.270 e. The number of carbonyl (C=O) groups excluding carboxylic acids is 1. The van der Waals surface area contributed by atoms with Crippen LogP contribution in [0.15, 0.2) is 36.4 Å². The normalized spacial score (nSPS) is 11.0. The molecule has 0 fully saturated rings. The lowest BCUT2D eigenvalue weighted by Crippen LogP contribution is -2.12. The van der Waals surface area contributed by atoms with Gasteiger partial charge in [-0.05, 0) is 48.6 Å². The Labute approximate surface area is 172 Å². The average molecular weight is 413 g/mol. The standard InChI is InChI=1S/C21H23N3O4S/c1-13(2)17-8-7-16(11-14(17)3)28-10-4-5-20(25)23-21-22-18-9-6-15(24(26)27)12-19(18)29-21/h6-9,11-13H,4-5,10H2,1-3H3,(H,22,23,25). The molecular formula is C21H23N3O4S. The summed E-state index contributed by atoms with van der Waals surface area (Å²) in [6.07, 6.45) is 0.881. The molecule has 0 bridgehead atoms. The lowest BCUT2D eigenvalue weighted by molar-refractivity contribution is -0.384. The highest BCUT2D eigenvalue weighted by atomic mass is 32.1. The lowest BCUT2D eigenvalue weighted by atomic mass is 9.98. The van der Waals surface area contributed by atoms with Crippen molar-refractivity contribution in [3.63, 3.8) is 0 Å². The first kappa shape index (κ1) is 20.7. The summed E-state index contributed by atoms with van der Waals surface area (Å²) in [6.45, 7) is 6.84. The van der Waals surface area contributed by atoms with Crippen molar-refractivity contribution >= 4 is 38.3 Å². The number of nitro groups is 1. The summed E-state index contributed by atoms with van der Waals surface area (Å²) in [5.74, 6) is 1.12. The largest absolute Gasteiger partial charge is 0.494 e. The van der Waals surface area contributed by atoms with Gasteiger partial charge in [-0.3, -0.25) is 14.9 Å². The number of fused-ring (bicyclic) bond motifs is 1. The van der Waals surface area contributed by atoms with E-state index < -0.39 is 4.92 Å². The highest BCUT2D eigenvalue weighted by Crippen LogP contribution is 2.29. The lowest BCUT2D eigenvalue weighted by Gasteiger charge is -2.12. The zero-order valence-corrected chi connectivity index (χ0v) is 17.4. The van der Waals surface area contributed by atoms with Crippen LogP contribution < -0.4 is 10.1 Å². The van der Waals surface area contributed by atoms with Gasteiger partial charge in [0.25, 0.3) is 5.69 Å². The fraction of sp³-hybridized carbons (Fsp3) is 0.333. The molecule has 0 saturated heterocycles. The van der Waals surface area contributed by atoms with Gasteiger partial charge in [0.2, 0.25) is 5.91 Å². The zero-order chi connectivity index (χ0) is 21.0. The van der Waals surface area contributed by atoms with Gasteiger partial charge in [0, 0.05) is 18.6 Å². The molecule has 1 N–H and O–H groups in total. The number of anilines is 1. The van der Waals surface area contributed by atoms with Crippen LogP contribution in [0.2, 0.25) is 0 Å². The van der Waals surface area contributed by atoms with Gasteiger partial charge < -0.3 is 10.1 Å². The van der Waals surface area contributed by atoms with E-state index in [9.17, 15) is 14.9 Å². The number of rotatable bonds is 8. The van der Waals surface area contributed by atoms with Crippen LogP contribution in [0.5, 0.6) is 5.75 Å². The maximum atomic E-state index is 12.1. The van der Waals surface area contributed by atoms with Crippen LogP contribution in [0.25, 0.3) is 10.2 Å². The third-order valence-corrected chi connectivity index (χ3v) is 5.44. The summed E-state index contributed by atoms with van der Waals surface area (Å²) in [4.78, 5) is 26.8. The van der Waals surface area contributed by atoms with Gasteiger partial charge in [-0.15, -0.1) is 0 Å². The molecule has 152 valence electrons. The maximum absolute atomic E-state index is 12.1. The number of nitrogens with zero attached hydrogens (tertiary/aromatic N) is 2.